The molecule has 2 aromatic rings. The van der Waals surface area contributed by atoms with Gasteiger partial charge in [-0.05, 0) is 31.0 Å². The molecule has 1 atom stereocenters. The molecule has 0 saturated heterocycles. The van der Waals surface area contributed by atoms with Gasteiger partial charge < -0.3 is 10.2 Å². The van der Waals surface area contributed by atoms with Crippen molar-refractivity contribution in [2.24, 2.45) is 0 Å². The van der Waals surface area contributed by atoms with Crippen molar-refractivity contribution >= 4 is 11.6 Å². The van der Waals surface area contributed by atoms with Gasteiger partial charge in [0, 0.05) is 31.5 Å². The van der Waals surface area contributed by atoms with Crippen molar-refractivity contribution in [1.29, 1.82) is 0 Å². The molecule has 0 aliphatic rings. The molecule has 1 unspecified atom stereocenters. The lowest BCUT2D eigenvalue weighted by Crippen LogP contribution is -2.27. The summed E-state index contributed by atoms with van der Waals surface area (Å²) in [5.41, 5.74) is 2.50. The Hall–Kier alpha value is -2.36. The Bertz CT molecular complexity index is 613. The molecule has 0 aliphatic heterocycles. The fourth-order valence-electron chi connectivity index (χ4n) is 2.15. The van der Waals surface area contributed by atoms with Crippen LogP contribution in [0.3, 0.4) is 0 Å². The van der Waals surface area contributed by atoms with Crippen LogP contribution in [0.15, 0.2) is 48.7 Å². The van der Waals surface area contributed by atoms with Gasteiger partial charge >= 0.3 is 0 Å². The van der Waals surface area contributed by atoms with Crippen molar-refractivity contribution in [2.45, 2.75) is 32.9 Å². The predicted octanol–water partition coefficient (Wildman–Crippen LogP) is 3.56. The number of hydrogen-bond acceptors (Lipinski definition) is 3. The number of hydrogen-bond donors (Lipinski definition) is 1. The highest BCUT2D eigenvalue weighted by Crippen LogP contribution is 2.13. The third kappa shape index (κ3) is 4.32. The van der Waals surface area contributed by atoms with Crippen LogP contribution in [0.5, 0.6) is 0 Å². The number of aromatic nitrogens is 1. The van der Waals surface area contributed by atoms with Gasteiger partial charge in [0.05, 0.1) is 0 Å². The van der Waals surface area contributed by atoms with Crippen LogP contribution in [0.2, 0.25) is 0 Å². The van der Waals surface area contributed by atoms with Crippen molar-refractivity contribution < 1.29 is 4.79 Å². The van der Waals surface area contributed by atoms with Gasteiger partial charge in [0.2, 0.25) is 0 Å². The first-order valence-corrected chi connectivity index (χ1v) is 7.62. The third-order valence-electron chi connectivity index (χ3n) is 3.61. The molecule has 1 heterocycles. The summed E-state index contributed by atoms with van der Waals surface area (Å²) in [7, 11) is 1.80. The van der Waals surface area contributed by atoms with E-state index in [2.05, 4.69) is 24.1 Å². The van der Waals surface area contributed by atoms with Gasteiger partial charge in [0.1, 0.15) is 5.69 Å². The zero-order valence-electron chi connectivity index (χ0n) is 13.4. The lowest BCUT2D eigenvalue weighted by atomic mass is 10.2. The van der Waals surface area contributed by atoms with Gasteiger partial charge in [-0.2, -0.15) is 0 Å². The van der Waals surface area contributed by atoms with Crippen molar-refractivity contribution in [1.82, 2.24) is 9.88 Å². The second-order valence-electron chi connectivity index (χ2n) is 5.53. The van der Waals surface area contributed by atoms with Gasteiger partial charge in [-0.1, -0.05) is 37.3 Å². The maximum absolute atomic E-state index is 12.5. The highest BCUT2D eigenvalue weighted by Gasteiger charge is 2.14. The van der Waals surface area contributed by atoms with Crippen LogP contribution in [-0.4, -0.2) is 28.9 Å². The fraction of sp³-hybridized carbons (Fsp3) is 0.333. The first-order chi connectivity index (χ1) is 10.6. The second-order valence-corrected chi connectivity index (χ2v) is 5.53. The third-order valence-corrected chi connectivity index (χ3v) is 3.61. The van der Waals surface area contributed by atoms with E-state index in [1.807, 2.05) is 42.5 Å². The Morgan fingerprint density at radius 3 is 2.68 bits per heavy atom. The lowest BCUT2D eigenvalue weighted by molar-refractivity contribution is 0.0779. The van der Waals surface area contributed by atoms with Crippen LogP contribution >= 0.6 is 0 Å². The van der Waals surface area contributed by atoms with E-state index in [1.165, 1.54) is 0 Å². The number of pyridine rings is 1. The summed E-state index contributed by atoms with van der Waals surface area (Å²) in [6.07, 6.45) is 2.70. The highest BCUT2D eigenvalue weighted by molar-refractivity contribution is 5.92. The van der Waals surface area contributed by atoms with Gasteiger partial charge in [0.25, 0.3) is 5.91 Å². The fourth-order valence-corrected chi connectivity index (χ4v) is 2.15. The van der Waals surface area contributed by atoms with E-state index in [-0.39, 0.29) is 5.91 Å². The number of anilines is 1. The molecule has 0 bridgehead atoms. The molecule has 0 fully saturated rings. The molecule has 22 heavy (non-hydrogen) atoms. The Balaban J connectivity index is 2.07. The van der Waals surface area contributed by atoms with E-state index in [1.54, 1.807) is 18.1 Å². The number of amides is 1. The predicted molar refractivity (Wildman–Crippen MR) is 89.9 cm³/mol. The van der Waals surface area contributed by atoms with Crippen LogP contribution in [0.1, 0.15) is 36.3 Å². The van der Waals surface area contributed by atoms with Crippen molar-refractivity contribution in [3.63, 3.8) is 0 Å². The van der Waals surface area contributed by atoms with E-state index in [4.69, 9.17) is 0 Å². The van der Waals surface area contributed by atoms with Crippen LogP contribution in [0.25, 0.3) is 0 Å². The molecule has 1 aromatic carbocycles. The molecule has 4 nitrogen and oxygen atoms in total. The molecule has 0 radical (unpaired) electrons. The molecular weight excluding hydrogens is 274 g/mol. The number of benzene rings is 1. The van der Waals surface area contributed by atoms with Crippen LogP contribution < -0.4 is 5.32 Å². The largest absolute Gasteiger partial charge is 0.382 e. The van der Waals surface area contributed by atoms with Crippen LogP contribution in [0.4, 0.5) is 5.69 Å². The number of nitrogens with zero attached hydrogens (tertiary/aromatic N) is 2. The smallest absolute Gasteiger partial charge is 0.272 e. The quantitative estimate of drug-likeness (QED) is 0.886. The summed E-state index contributed by atoms with van der Waals surface area (Å²) in [6, 6.07) is 14.0. The monoisotopic (exact) mass is 297 g/mol. The zero-order valence-corrected chi connectivity index (χ0v) is 13.4. The minimum absolute atomic E-state index is 0.0725. The number of rotatable bonds is 6. The Labute approximate surface area is 132 Å². The maximum atomic E-state index is 12.5. The number of carbonyl (C=O) groups excluding carboxylic acids is 1. The Kier molecular flexibility index (Phi) is 5.53. The first-order valence-electron chi connectivity index (χ1n) is 7.62. The average molecular weight is 297 g/mol. The average Bonchev–Trinajstić information content (AvgIpc) is 2.55. The number of carbonyl (C=O) groups is 1. The zero-order chi connectivity index (χ0) is 15.9. The van der Waals surface area contributed by atoms with E-state index in [0.29, 0.717) is 18.3 Å². The second kappa shape index (κ2) is 7.59. The molecule has 0 saturated carbocycles. The van der Waals surface area contributed by atoms with E-state index < -0.39 is 0 Å². The summed E-state index contributed by atoms with van der Waals surface area (Å²) in [5.74, 6) is -0.0725. The summed E-state index contributed by atoms with van der Waals surface area (Å²) < 4.78 is 0. The standard InChI is InChI=1S/C18H23N3O/c1-4-14(2)20-16-10-11-19-17(12-16)18(22)21(3)13-15-8-6-5-7-9-15/h5-12,14H,4,13H2,1-3H3,(H,19,20). The van der Waals surface area contributed by atoms with Gasteiger partial charge in [-0.3, -0.25) is 9.78 Å². The molecule has 0 spiro atoms. The maximum Gasteiger partial charge on any atom is 0.272 e. The van der Waals surface area contributed by atoms with Crippen LogP contribution in [0, 0.1) is 0 Å². The molecule has 0 aliphatic carbocycles. The Morgan fingerprint density at radius 1 is 1.27 bits per heavy atom. The highest BCUT2D eigenvalue weighted by atomic mass is 16.2. The van der Waals surface area contributed by atoms with Gasteiger partial charge in [-0.15, -0.1) is 0 Å². The first kappa shape index (κ1) is 16.0. The van der Waals surface area contributed by atoms with Gasteiger partial charge in [-0.25, -0.2) is 0 Å². The minimum Gasteiger partial charge on any atom is -0.382 e. The molecule has 1 amide bonds. The van der Waals surface area contributed by atoms with Crippen molar-refractivity contribution in [3.8, 4) is 0 Å². The molecular formula is C18H23N3O. The van der Waals surface area contributed by atoms with Gasteiger partial charge in [0.15, 0.2) is 0 Å². The molecule has 116 valence electrons. The lowest BCUT2D eigenvalue weighted by Gasteiger charge is -2.18. The van der Waals surface area contributed by atoms with Crippen molar-refractivity contribution in [2.75, 3.05) is 12.4 Å². The number of nitrogens with one attached hydrogen (secondary N) is 1. The SMILES string of the molecule is CCC(C)Nc1ccnc(C(=O)N(C)Cc2ccccc2)c1. The summed E-state index contributed by atoms with van der Waals surface area (Å²) in [4.78, 5) is 18.4. The summed E-state index contributed by atoms with van der Waals surface area (Å²) in [6.45, 7) is 4.81. The minimum atomic E-state index is -0.0725. The molecule has 1 aromatic heterocycles. The normalized spacial score (nSPS) is 11.8. The molecule has 4 heteroatoms. The Morgan fingerprint density at radius 2 is 2.00 bits per heavy atom. The van der Waals surface area contributed by atoms with E-state index >= 15 is 0 Å². The molecule has 2 rings (SSSR count). The summed E-state index contributed by atoms with van der Waals surface area (Å²) in [5, 5.41) is 3.36. The van der Waals surface area contributed by atoms with Crippen molar-refractivity contribution in [3.05, 3.63) is 59.9 Å². The topological polar surface area (TPSA) is 45.2 Å². The molecule has 1 N–H and O–H groups in total. The van der Waals surface area contributed by atoms with Crippen LogP contribution in [-0.2, 0) is 6.54 Å². The van der Waals surface area contributed by atoms with E-state index in [0.717, 1.165) is 17.7 Å². The summed E-state index contributed by atoms with van der Waals surface area (Å²) >= 11 is 0. The van der Waals surface area contributed by atoms with E-state index in [9.17, 15) is 4.79 Å².